The first kappa shape index (κ1) is 15.4. The Morgan fingerprint density at radius 2 is 2.19 bits per heavy atom. The van der Waals surface area contributed by atoms with E-state index in [1.165, 1.54) is 29.5 Å². The monoisotopic (exact) mass is 322 g/mol. The molecular weight excluding hydrogens is 308 g/mol. The molecule has 0 fully saturated rings. The van der Waals surface area contributed by atoms with E-state index >= 15 is 0 Å². The van der Waals surface area contributed by atoms with Crippen molar-refractivity contribution in [3.05, 3.63) is 39.8 Å². The molecular formula is C13H14N4O2S2. The third kappa shape index (κ3) is 3.39. The van der Waals surface area contributed by atoms with Gasteiger partial charge in [-0.25, -0.2) is 18.1 Å². The van der Waals surface area contributed by atoms with Crippen LogP contribution in [0.4, 0.5) is 5.69 Å². The highest BCUT2D eigenvalue weighted by Crippen LogP contribution is 2.23. The Kier molecular flexibility index (Phi) is 4.27. The lowest BCUT2D eigenvalue weighted by Crippen LogP contribution is -2.27. The summed E-state index contributed by atoms with van der Waals surface area (Å²) in [7, 11) is -3.82. The number of aryl methyl sites for hydroxylation is 1. The largest absolute Gasteiger partial charge is 0.399 e. The van der Waals surface area contributed by atoms with E-state index in [0.29, 0.717) is 10.7 Å². The van der Waals surface area contributed by atoms with Gasteiger partial charge in [-0.1, -0.05) is 0 Å². The van der Waals surface area contributed by atoms with E-state index in [-0.39, 0.29) is 10.5 Å². The van der Waals surface area contributed by atoms with Crippen LogP contribution in [0.3, 0.4) is 0 Å². The van der Waals surface area contributed by atoms with Gasteiger partial charge in [0.25, 0.3) is 0 Å². The standard InChI is InChI=1S/C13H14N4O2S2/c1-8-7-16-13(20-8)9(2)17-21(18,19)12-4-3-11(15)5-10(12)6-14/h3-5,7,9,17H,15H2,1-2H3. The number of benzene rings is 1. The molecule has 6 nitrogen and oxygen atoms in total. The van der Waals surface area contributed by atoms with Crippen molar-refractivity contribution in [2.24, 2.45) is 0 Å². The topological polar surface area (TPSA) is 109 Å². The molecule has 1 heterocycles. The summed E-state index contributed by atoms with van der Waals surface area (Å²) < 4.78 is 27.3. The van der Waals surface area contributed by atoms with E-state index in [2.05, 4.69) is 9.71 Å². The summed E-state index contributed by atoms with van der Waals surface area (Å²) in [6.45, 7) is 3.61. The normalized spacial score (nSPS) is 12.8. The van der Waals surface area contributed by atoms with Crippen LogP contribution in [-0.2, 0) is 10.0 Å². The van der Waals surface area contributed by atoms with Crippen LogP contribution in [0.25, 0.3) is 0 Å². The molecule has 1 aromatic carbocycles. The number of hydrogen-bond acceptors (Lipinski definition) is 6. The Labute approximate surface area is 127 Å². The maximum absolute atomic E-state index is 12.4. The van der Waals surface area contributed by atoms with Crippen LogP contribution in [-0.4, -0.2) is 13.4 Å². The molecule has 2 aromatic rings. The number of rotatable bonds is 4. The van der Waals surface area contributed by atoms with E-state index in [9.17, 15) is 8.42 Å². The quantitative estimate of drug-likeness (QED) is 0.836. The van der Waals surface area contributed by atoms with Gasteiger partial charge in [-0.05, 0) is 32.0 Å². The lowest BCUT2D eigenvalue weighted by atomic mass is 10.2. The Morgan fingerprint density at radius 3 is 2.76 bits per heavy atom. The number of nitrogens with zero attached hydrogens (tertiary/aromatic N) is 2. The number of sulfonamides is 1. The van der Waals surface area contributed by atoms with Gasteiger partial charge in [-0.2, -0.15) is 5.26 Å². The van der Waals surface area contributed by atoms with Crippen molar-refractivity contribution in [1.29, 1.82) is 5.26 Å². The highest BCUT2D eigenvalue weighted by atomic mass is 32.2. The van der Waals surface area contributed by atoms with Crippen LogP contribution in [0.5, 0.6) is 0 Å². The summed E-state index contributed by atoms with van der Waals surface area (Å²) in [5, 5.41) is 9.72. The molecule has 21 heavy (non-hydrogen) atoms. The van der Waals surface area contributed by atoms with E-state index in [1.54, 1.807) is 13.1 Å². The molecule has 0 aliphatic carbocycles. The van der Waals surface area contributed by atoms with Gasteiger partial charge in [0.05, 0.1) is 16.5 Å². The third-order valence-corrected chi connectivity index (χ3v) is 5.45. The molecule has 0 aliphatic heterocycles. The summed E-state index contributed by atoms with van der Waals surface area (Å²) in [6.07, 6.45) is 1.69. The fourth-order valence-corrected chi connectivity index (χ4v) is 3.98. The van der Waals surface area contributed by atoms with Crippen LogP contribution in [0.2, 0.25) is 0 Å². The van der Waals surface area contributed by atoms with Crippen molar-refractivity contribution in [3.63, 3.8) is 0 Å². The summed E-state index contributed by atoms with van der Waals surface area (Å²) >= 11 is 1.42. The van der Waals surface area contributed by atoms with Gasteiger partial charge in [0.1, 0.15) is 11.1 Å². The van der Waals surface area contributed by atoms with Crippen LogP contribution in [0.1, 0.15) is 28.4 Å². The van der Waals surface area contributed by atoms with Gasteiger partial charge in [0.15, 0.2) is 0 Å². The van der Waals surface area contributed by atoms with Crippen molar-refractivity contribution in [2.45, 2.75) is 24.8 Å². The number of thiazole rings is 1. The van der Waals surface area contributed by atoms with Crippen molar-refractivity contribution < 1.29 is 8.42 Å². The summed E-state index contributed by atoms with van der Waals surface area (Å²) in [5.74, 6) is 0. The number of hydrogen-bond donors (Lipinski definition) is 2. The van der Waals surface area contributed by atoms with Gasteiger partial charge in [-0.3, -0.25) is 0 Å². The second kappa shape index (κ2) is 5.81. The zero-order chi connectivity index (χ0) is 15.6. The number of anilines is 1. The van der Waals surface area contributed by atoms with Crippen molar-refractivity contribution in [1.82, 2.24) is 9.71 Å². The van der Waals surface area contributed by atoms with E-state index in [4.69, 9.17) is 11.0 Å². The molecule has 0 radical (unpaired) electrons. The fourth-order valence-electron chi connectivity index (χ4n) is 1.79. The second-order valence-electron chi connectivity index (χ2n) is 4.52. The molecule has 0 amide bonds. The minimum absolute atomic E-state index is 0.0185. The van der Waals surface area contributed by atoms with E-state index < -0.39 is 16.1 Å². The molecule has 0 bridgehead atoms. The molecule has 1 unspecified atom stereocenters. The maximum atomic E-state index is 12.4. The number of nitrogens with two attached hydrogens (primary N) is 1. The van der Waals surface area contributed by atoms with E-state index in [0.717, 1.165) is 4.88 Å². The smallest absolute Gasteiger partial charge is 0.242 e. The molecule has 0 aliphatic rings. The van der Waals surface area contributed by atoms with Crippen molar-refractivity contribution in [2.75, 3.05) is 5.73 Å². The lowest BCUT2D eigenvalue weighted by molar-refractivity contribution is 0.566. The maximum Gasteiger partial charge on any atom is 0.242 e. The first-order valence-corrected chi connectivity index (χ1v) is 8.37. The number of aromatic nitrogens is 1. The van der Waals surface area contributed by atoms with Crippen molar-refractivity contribution >= 4 is 27.0 Å². The molecule has 110 valence electrons. The first-order chi connectivity index (χ1) is 9.83. The van der Waals surface area contributed by atoms with Crippen LogP contribution in [0, 0.1) is 18.3 Å². The Bertz CT molecular complexity index is 806. The lowest BCUT2D eigenvalue weighted by Gasteiger charge is -2.13. The second-order valence-corrected chi connectivity index (χ2v) is 7.47. The average Bonchev–Trinajstić information content (AvgIpc) is 2.84. The molecule has 0 saturated carbocycles. The van der Waals surface area contributed by atoms with Crippen LogP contribution >= 0.6 is 11.3 Å². The first-order valence-electron chi connectivity index (χ1n) is 6.08. The molecule has 8 heteroatoms. The average molecular weight is 322 g/mol. The van der Waals surface area contributed by atoms with Gasteiger partial charge < -0.3 is 5.73 Å². The molecule has 0 spiro atoms. The Hall–Kier alpha value is -1.95. The Balaban J connectivity index is 2.33. The molecule has 2 rings (SSSR count). The van der Waals surface area contributed by atoms with Gasteiger partial charge in [0, 0.05) is 16.8 Å². The number of nitrogens with one attached hydrogen (secondary N) is 1. The fraction of sp³-hybridized carbons (Fsp3) is 0.231. The van der Waals surface area contributed by atoms with Crippen LogP contribution < -0.4 is 10.5 Å². The summed E-state index contributed by atoms with van der Waals surface area (Å²) in [5.41, 5.74) is 5.93. The minimum Gasteiger partial charge on any atom is -0.399 e. The highest BCUT2D eigenvalue weighted by molar-refractivity contribution is 7.89. The molecule has 1 aromatic heterocycles. The number of nitriles is 1. The predicted octanol–water partition coefficient (Wildman–Crippen LogP) is 1.94. The van der Waals surface area contributed by atoms with Gasteiger partial charge >= 0.3 is 0 Å². The van der Waals surface area contributed by atoms with E-state index in [1.807, 2.05) is 13.0 Å². The zero-order valence-electron chi connectivity index (χ0n) is 11.5. The number of nitrogen functional groups attached to an aromatic ring is 1. The molecule has 3 N–H and O–H groups in total. The SMILES string of the molecule is Cc1cnc(C(C)NS(=O)(=O)c2ccc(N)cc2C#N)s1. The summed E-state index contributed by atoms with van der Waals surface area (Å²) in [4.78, 5) is 5.07. The van der Waals surface area contributed by atoms with Gasteiger partial charge in [0.2, 0.25) is 10.0 Å². The van der Waals surface area contributed by atoms with Crippen molar-refractivity contribution in [3.8, 4) is 6.07 Å². The zero-order valence-corrected chi connectivity index (χ0v) is 13.1. The van der Waals surface area contributed by atoms with Crippen LogP contribution in [0.15, 0.2) is 29.3 Å². The highest BCUT2D eigenvalue weighted by Gasteiger charge is 2.23. The minimum atomic E-state index is -3.82. The third-order valence-electron chi connectivity index (χ3n) is 2.76. The Morgan fingerprint density at radius 1 is 1.48 bits per heavy atom. The van der Waals surface area contributed by atoms with Gasteiger partial charge in [-0.15, -0.1) is 11.3 Å². The summed E-state index contributed by atoms with van der Waals surface area (Å²) in [6, 6.07) is 5.49. The molecule has 1 atom stereocenters. The molecule has 0 saturated heterocycles. The predicted molar refractivity (Wildman–Crippen MR) is 81.2 cm³/mol.